The molecule has 2 aromatic carbocycles. The Balaban J connectivity index is 2.23. The first-order valence-corrected chi connectivity index (χ1v) is 7.06. The minimum atomic E-state index is 0.176. The van der Waals surface area contributed by atoms with Crippen LogP contribution in [0.25, 0.3) is 0 Å². The van der Waals surface area contributed by atoms with E-state index in [0.717, 1.165) is 21.5 Å². The van der Waals surface area contributed by atoms with Gasteiger partial charge in [0.05, 0.1) is 13.2 Å². The quantitative estimate of drug-likeness (QED) is 0.861. The zero-order valence-corrected chi connectivity index (χ0v) is 13.0. The molecule has 1 N–H and O–H groups in total. The van der Waals surface area contributed by atoms with Gasteiger partial charge in [-0.25, -0.2) is 0 Å². The molecule has 0 aromatic heterocycles. The van der Waals surface area contributed by atoms with E-state index in [0.29, 0.717) is 0 Å². The summed E-state index contributed by atoms with van der Waals surface area (Å²) in [6, 6.07) is 14.5. The maximum absolute atomic E-state index is 5.40. The van der Waals surface area contributed by atoms with Gasteiger partial charge in [0.15, 0.2) is 0 Å². The van der Waals surface area contributed by atoms with Gasteiger partial charge < -0.3 is 10.1 Å². The standard InChI is InChI=1S/C16H18BrNO/c1-11-8-9-15(14(17)10-11)18-12(2)13-6-4-5-7-16(13)19-3/h4-10,12,18H,1-3H3. The topological polar surface area (TPSA) is 21.3 Å². The van der Waals surface area contributed by atoms with Crippen LogP contribution in [0, 0.1) is 6.92 Å². The van der Waals surface area contributed by atoms with Crippen LogP contribution in [-0.4, -0.2) is 7.11 Å². The van der Waals surface area contributed by atoms with Gasteiger partial charge in [0.1, 0.15) is 5.75 Å². The van der Waals surface area contributed by atoms with Crippen molar-refractivity contribution in [1.82, 2.24) is 0 Å². The molecule has 0 aliphatic carbocycles. The van der Waals surface area contributed by atoms with E-state index in [1.807, 2.05) is 18.2 Å². The molecule has 2 aromatic rings. The Hall–Kier alpha value is -1.48. The van der Waals surface area contributed by atoms with Crippen LogP contribution < -0.4 is 10.1 Å². The van der Waals surface area contributed by atoms with Crippen molar-refractivity contribution in [3.05, 3.63) is 58.1 Å². The zero-order chi connectivity index (χ0) is 13.8. The maximum Gasteiger partial charge on any atom is 0.124 e. The fraction of sp³-hybridized carbons (Fsp3) is 0.250. The number of halogens is 1. The lowest BCUT2D eigenvalue weighted by atomic mass is 10.1. The van der Waals surface area contributed by atoms with Crippen molar-refractivity contribution in [3.8, 4) is 5.75 Å². The summed E-state index contributed by atoms with van der Waals surface area (Å²) in [7, 11) is 1.70. The molecular weight excluding hydrogens is 302 g/mol. The lowest BCUT2D eigenvalue weighted by Gasteiger charge is -2.19. The van der Waals surface area contributed by atoms with Crippen LogP contribution in [0.1, 0.15) is 24.1 Å². The van der Waals surface area contributed by atoms with Crippen molar-refractivity contribution in [1.29, 1.82) is 0 Å². The maximum atomic E-state index is 5.40. The first-order chi connectivity index (χ1) is 9.11. The number of aryl methyl sites for hydroxylation is 1. The normalized spacial score (nSPS) is 12.0. The summed E-state index contributed by atoms with van der Waals surface area (Å²) < 4.78 is 6.48. The summed E-state index contributed by atoms with van der Waals surface area (Å²) >= 11 is 3.59. The number of hydrogen-bond donors (Lipinski definition) is 1. The highest BCUT2D eigenvalue weighted by Gasteiger charge is 2.11. The number of ether oxygens (including phenoxy) is 1. The highest BCUT2D eigenvalue weighted by Crippen LogP contribution is 2.30. The van der Waals surface area contributed by atoms with E-state index in [1.54, 1.807) is 7.11 Å². The van der Waals surface area contributed by atoms with Crippen LogP contribution in [0.5, 0.6) is 5.75 Å². The van der Waals surface area contributed by atoms with Crippen molar-refractivity contribution in [2.75, 3.05) is 12.4 Å². The predicted octanol–water partition coefficient (Wildman–Crippen LogP) is 4.94. The Labute approximate surface area is 122 Å². The highest BCUT2D eigenvalue weighted by molar-refractivity contribution is 9.10. The minimum Gasteiger partial charge on any atom is -0.496 e. The Morgan fingerprint density at radius 1 is 1.16 bits per heavy atom. The van der Waals surface area contributed by atoms with Crippen LogP contribution in [0.15, 0.2) is 46.9 Å². The second-order valence-electron chi connectivity index (χ2n) is 4.59. The molecule has 1 atom stereocenters. The molecule has 0 heterocycles. The van der Waals surface area contributed by atoms with Gasteiger partial charge in [-0.3, -0.25) is 0 Å². The number of benzene rings is 2. The van der Waals surface area contributed by atoms with E-state index in [4.69, 9.17) is 4.74 Å². The third-order valence-electron chi connectivity index (χ3n) is 3.10. The fourth-order valence-electron chi connectivity index (χ4n) is 2.07. The Morgan fingerprint density at radius 3 is 2.58 bits per heavy atom. The third-order valence-corrected chi connectivity index (χ3v) is 3.76. The molecular formula is C16H18BrNO. The molecule has 100 valence electrons. The van der Waals surface area contributed by atoms with Gasteiger partial charge >= 0.3 is 0 Å². The summed E-state index contributed by atoms with van der Waals surface area (Å²) in [6.45, 7) is 4.21. The SMILES string of the molecule is COc1ccccc1C(C)Nc1ccc(C)cc1Br. The average Bonchev–Trinajstić information content (AvgIpc) is 2.41. The van der Waals surface area contributed by atoms with E-state index >= 15 is 0 Å². The molecule has 2 rings (SSSR count). The van der Waals surface area contributed by atoms with Gasteiger partial charge in [-0.15, -0.1) is 0 Å². The van der Waals surface area contributed by atoms with E-state index in [-0.39, 0.29) is 6.04 Å². The van der Waals surface area contributed by atoms with Gasteiger partial charge in [0.2, 0.25) is 0 Å². The van der Waals surface area contributed by atoms with Crippen molar-refractivity contribution >= 4 is 21.6 Å². The first-order valence-electron chi connectivity index (χ1n) is 6.27. The smallest absolute Gasteiger partial charge is 0.124 e. The molecule has 0 saturated heterocycles. The van der Waals surface area contributed by atoms with Crippen LogP contribution in [0.2, 0.25) is 0 Å². The van der Waals surface area contributed by atoms with Crippen molar-refractivity contribution in [2.45, 2.75) is 19.9 Å². The molecule has 1 unspecified atom stereocenters. The molecule has 0 spiro atoms. The minimum absolute atomic E-state index is 0.176. The van der Waals surface area contributed by atoms with Gasteiger partial charge in [-0.2, -0.15) is 0 Å². The van der Waals surface area contributed by atoms with Gasteiger partial charge in [0, 0.05) is 15.7 Å². The number of para-hydroxylation sites is 1. The van der Waals surface area contributed by atoms with E-state index in [1.165, 1.54) is 5.56 Å². The second-order valence-corrected chi connectivity index (χ2v) is 5.45. The molecule has 2 nitrogen and oxygen atoms in total. The molecule has 0 bridgehead atoms. The van der Waals surface area contributed by atoms with Gasteiger partial charge in [0.25, 0.3) is 0 Å². The first kappa shape index (κ1) is 13.9. The van der Waals surface area contributed by atoms with E-state index in [9.17, 15) is 0 Å². The number of hydrogen-bond acceptors (Lipinski definition) is 2. The molecule has 0 fully saturated rings. The molecule has 0 aliphatic heterocycles. The van der Waals surface area contributed by atoms with Crippen molar-refractivity contribution in [2.24, 2.45) is 0 Å². The lowest BCUT2D eigenvalue weighted by molar-refractivity contribution is 0.408. The summed E-state index contributed by atoms with van der Waals surface area (Å²) in [4.78, 5) is 0. The number of anilines is 1. The van der Waals surface area contributed by atoms with Crippen LogP contribution in [-0.2, 0) is 0 Å². The molecule has 0 amide bonds. The summed E-state index contributed by atoms with van der Waals surface area (Å²) in [5.41, 5.74) is 3.48. The third kappa shape index (κ3) is 3.29. The van der Waals surface area contributed by atoms with Crippen LogP contribution in [0.3, 0.4) is 0 Å². The average molecular weight is 320 g/mol. The molecule has 0 saturated carbocycles. The molecule has 19 heavy (non-hydrogen) atoms. The Kier molecular flexibility index (Phi) is 4.48. The highest BCUT2D eigenvalue weighted by atomic mass is 79.9. The number of rotatable bonds is 4. The van der Waals surface area contributed by atoms with Crippen molar-refractivity contribution < 1.29 is 4.74 Å². The second kappa shape index (κ2) is 6.11. The number of nitrogens with one attached hydrogen (secondary N) is 1. The monoisotopic (exact) mass is 319 g/mol. The summed E-state index contributed by atoms with van der Waals surface area (Å²) in [6.07, 6.45) is 0. The summed E-state index contributed by atoms with van der Waals surface area (Å²) in [5.74, 6) is 0.908. The predicted molar refractivity (Wildman–Crippen MR) is 83.9 cm³/mol. The summed E-state index contributed by atoms with van der Waals surface area (Å²) in [5, 5.41) is 3.50. The fourth-order valence-corrected chi connectivity index (χ4v) is 2.68. The van der Waals surface area contributed by atoms with Gasteiger partial charge in [-0.1, -0.05) is 24.3 Å². The Morgan fingerprint density at radius 2 is 1.89 bits per heavy atom. The zero-order valence-electron chi connectivity index (χ0n) is 11.4. The Bertz CT molecular complexity index is 568. The largest absolute Gasteiger partial charge is 0.496 e. The van der Waals surface area contributed by atoms with Crippen LogP contribution >= 0.6 is 15.9 Å². The lowest BCUT2D eigenvalue weighted by Crippen LogP contribution is -2.08. The van der Waals surface area contributed by atoms with E-state index in [2.05, 4.69) is 59.4 Å². The van der Waals surface area contributed by atoms with E-state index < -0.39 is 0 Å². The number of methoxy groups -OCH3 is 1. The van der Waals surface area contributed by atoms with Crippen LogP contribution in [0.4, 0.5) is 5.69 Å². The molecule has 3 heteroatoms. The molecule has 0 radical (unpaired) electrons. The van der Waals surface area contributed by atoms with Crippen molar-refractivity contribution in [3.63, 3.8) is 0 Å². The van der Waals surface area contributed by atoms with Gasteiger partial charge in [-0.05, 0) is 53.5 Å². The molecule has 0 aliphatic rings.